The predicted octanol–water partition coefficient (Wildman–Crippen LogP) is 6.09. The van der Waals surface area contributed by atoms with Gasteiger partial charge in [-0.15, -0.1) is 0 Å². The van der Waals surface area contributed by atoms with Gasteiger partial charge < -0.3 is 9.15 Å². The monoisotopic (exact) mass is 397 g/mol. The highest BCUT2D eigenvalue weighted by Crippen LogP contribution is 2.36. The molecule has 3 rings (SSSR count). The van der Waals surface area contributed by atoms with E-state index in [0.29, 0.717) is 27.2 Å². The molecule has 0 aliphatic rings. The summed E-state index contributed by atoms with van der Waals surface area (Å²) in [5.74, 6) is 1.18. The molecule has 0 saturated heterocycles. The summed E-state index contributed by atoms with van der Waals surface area (Å²) >= 11 is 15.7. The van der Waals surface area contributed by atoms with E-state index in [9.17, 15) is 0 Å². The lowest BCUT2D eigenvalue weighted by molar-refractivity contribution is 0.414. The normalized spacial score (nSPS) is 10.7. The number of benzene rings is 2. The number of aromatic nitrogens is 1. The molecule has 0 spiro atoms. The standard InChI is InChI=1S/C16H10BrCl2NO2/c1-21-9-5-6-10(12(17)7-9)14-8-22-16(20-14)11-3-2-4-13(18)15(11)19/h2-8H,1H3. The van der Waals surface area contributed by atoms with Crippen LogP contribution in [0.25, 0.3) is 22.7 Å². The lowest BCUT2D eigenvalue weighted by Crippen LogP contribution is -1.86. The zero-order chi connectivity index (χ0) is 15.7. The van der Waals surface area contributed by atoms with Crippen molar-refractivity contribution in [1.29, 1.82) is 0 Å². The topological polar surface area (TPSA) is 35.3 Å². The Hall–Kier alpha value is -1.49. The van der Waals surface area contributed by atoms with Crippen LogP contribution >= 0.6 is 39.1 Å². The quantitative estimate of drug-likeness (QED) is 0.535. The Bertz CT molecular complexity index is 833. The molecule has 2 aromatic carbocycles. The number of nitrogens with zero attached hydrogens (tertiary/aromatic N) is 1. The van der Waals surface area contributed by atoms with Crippen LogP contribution in [0.3, 0.4) is 0 Å². The molecule has 3 nitrogen and oxygen atoms in total. The zero-order valence-corrected chi connectivity index (χ0v) is 14.5. The van der Waals surface area contributed by atoms with Crippen LogP contribution in [0, 0.1) is 0 Å². The Labute approximate surface area is 146 Å². The summed E-state index contributed by atoms with van der Waals surface area (Å²) in [7, 11) is 1.62. The fourth-order valence-corrected chi connectivity index (χ4v) is 2.96. The highest BCUT2D eigenvalue weighted by molar-refractivity contribution is 9.10. The molecule has 1 heterocycles. The van der Waals surface area contributed by atoms with Gasteiger partial charge in [-0.05, 0) is 46.3 Å². The van der Waals surface area contributed by atoms with E-state index in [1.165, 1.54) is 0 Å². The first-order valence-electron chi connectivity index (χ1n) is 6.34. The first-order chi connectivity index (χ1) is 10.6. The highest BCUT2D eigenvalue weighted by atomic mass is 79.9. The lowest BCUT2D eigenvalue weighted by Gasteiger charge is -2.04. The Morgan fingerprint density at radius 1 is 1.14 bits per heavy atom. The third-order valence-electron chi connectivity index (χ3n) is 3.14. The van der Waals surface area contributed by atoms with Crippen LogP contribution < -0.4 is 4.74 Å². The minimum Gasteiger partial charge on any atom is -0.497 e. The van der Waals surface area contributed by atoms with Gasteiger partial charge in [-0.3, -0.25) is 0 Å². The summed E-state index contributed by atoms with van der Waals surface area (Å²) in [6.45, 7) is 0. The van der Waals surface area contributed by atoms with Gasteiger partial charge in [0.1, 0.15) is 17.7 Å². The number of methoxy groups -OCH3 is 1. The summed E-state index contributed by atoms with van der Waals surface area (Å²) in [4.78, 5) is 4.49. The average molecular weight is 399 g/mol. The van der Waals surface area contributed by atoms with Gasteiger partial charge in [-0.1, -0.05) is 29.3 Å². The molecule has 0 aliphatic heterocycles. The molecule has 1 aromatic heterocycles. The molecule has 0 atom stereocenters. The van der Waals surface area contributed by atoms with Gasteiger partial charge in [0.05, 0.1) is 22.7 Å². The third-order valence-corrected chi connectivity index (χ3v) is 4.61. The van der Waals surface area contributed by atoms with Gasteiger partial charge in [0.2, 0.25) is 5.89 Å². The van der Waals surface area contributed by atoms with Crippen LogP contribution in [-0.4, -0.2) is 12.1 Å². The second-order valence-electron chi connectivity index (χ2n) is 4.49. The second kappa shape index (κ2) is 6.32. The van der Waals surface area contributed by atoms with E-state index >= 15 is 0 Å². The smallest absolute Gasteiger partial charge is 0.228 e. The average Bonchev–Trinajstić information content (AvgIpc) is 2.99. The van der Waals surface area contributed by atoms with Crippen LogP contribution in [0.15, 0.2) is 51.6 Å². The molecule has 6 heteroatoms. The molecular formula is C16H10BrCl2NO2. The molecule has 112 valence electrons. The van der Waals surface area contributed by atoms with Gasteiger partial charge in [-0.25, -0.2) is 4.98 Å². The summed E-state index contributed by atoms with van der Waals surface area (Å²) in [6, 6.07) is 11.0. The number of rotatable bonds is 3. The van der Waals surface area contributed by atoms with E-state index in [1.807, 2.05) is 24.3 Å². The first-order valence-corrected chi connectivity index (χ1v) is 7.89. The predicted molar refractivity (Wildman–Crippen MR) is 91.6 cm³/mol. The molecule has 22 heavy (non-hydrogen) atoms. The minimum absolute atomic E-state index is 0.421. The van der Waals surface area contributed by atoms with Crippen LogP contribution in [0.5, 0.6) is 5.75 Å². The van der Waals surface area contributed by atoms with E-state index in [-0.39, 0.29) is 0 Å². The molecule has 0 amide bonds. The number of hydrogen-bond acceptors (Lipinski definition) is 3. The van der Waals surface area contributed by atoms with Crippen molar-refractivity contribution in [3.8, 4) is 28.5 Å². The highest BCUT2D eigenvalue weighted by Gasteiger charge is 2.15. The summed E-state index contributed by atoms with van der Waals surface area (Å²) in [6.07, 6.45) is 1.58. The van der Waals surface area contributed by atoms with Gasteiger partial charge in [0.25, 0.3) is 0 Å². The van der Waals surface area contributed by atoms with E-state index in [4.69, 9.17) is 32.4 Å². The molecule has 0 N–H and O–H groups in total. The summed E-state index contributed by atoms with van der Waals surface area (Å²) < 4.78 is 11.6. The maximum Gasteiger partial charge on any atom is 0.228 e. The van der Waals surface area contributed by atoms with Crippen LogP contribution in [-0.2, 0) is 0 Å². The van der Waals surface area contributed by atoms with Gasteiger partial charge in [-0.2, -0.15) is 0 Å². The molecule has 0 radical (unpaired) electrons. The van der Waals surface area contributed by atoms with Crippen LogP contribution in [0.4, 0.5) is 0 Å². The van der Waals surface area contributed by atoms with Crippen molar-refractivity contribution in [2.75, 3.05) is 7.11 Å². The number of halogens is 3. The molecule has 0 fully saturated rings. The Morgan fingerprint density at radius 2 is 1.95 bits per heavy atom. The van der Waals surface area contributed by atoms with E-state index in [0.717, 1.165) is 15.8 Å². The van der Waals surface area contributed by atoms with E-state index in [1.54, 1.807) is 25.5 Å². The van der Waals surface area contributed by atoms with Crippen molar-refractivity contribution >= 4 is 39.1 Å². The molecule has 3 aromatic rings. The van der Waals surface area contributed by atoms with E-state index in [2.05, 4.69) is 20.9 Å². The van der Waals surface area contributed by atoms with Crippen molar-refractivity contribution in [2.45, 2.75) is 0 Å². The number of hydrogen-bond donors (Lipinski definition) is 0. The maximum absolute atomic E-state index is 6.20. The number of oxazole rings is 1. The minimum atomic E-state index is 0.421. The molecule has 0 aliphatic carbocycles. The first kappa shape index (κ1) is 15.4. The van der Waals surface area contributed by atoms with Crippen molar-refractivity contribution in [1.82, 2.24) is 4.98 Å². The van der Waals surface area contributed by atoms with Crippen LogP contribution in [0.1, 0.15) is 0 Å². The van der Waals surface area contributed by atoms with Crippen molar-refractivity contribution in [3.63, 3.8) is 0 Å². The Morgan fingerprint density at radius 3 is 2.68 bits per heavy atom. The maximum atomic E-state index is 6.20. The fraction of sp³-hybridized carbons (Fsp3) is 0.0625. The van der Waals surface area contributed by atoms with Crippen molar-refractivity contribution < 1.29 is 9.15 Å². The molecular weight excluding hydrogens is 389 g/mol. The molecule has 0 unspecified atom stereocenters. The van der Waals surface area contributed by atoms with Crippen LogP contribution in [0.2, 0.25) is 10.0 Å². The number of ether oxygens (including phenoxy) is 1. The third kappa shape index (κ3) is 2.86. The Balaban J connectivity index is 2.02. The second-order valence-corrected chi connectivity index (χ2v) is 6.12. The Kier molecular flexibility index (Phi) is 4.43. The van der Waals surface area contributed by atoms with E-state index < -0.39 is 0 Å². The van der Waals surface area contributed by atoms with Gasteiger partial charge in [0, 0.05) is 10.0 Å². The largest absolute Gasteiger partial charge is 0.497 e. The fourth-order valence-electron chi connectivity index (χ4n) is 2.02. The summed E-state index contributed by atoms with van der Waals surface area (Å²) in [5, 5.41) is 0.885. The SMILES string of the molecule is COc1ccc(-c2coc(-c3cccc(Cl)c3Cl)n2)c(Br)c1. The summed E-state index contributed by atoms with van der Waals surface area (Å²) in [5.41, 5.74) is 2.25. The molecule has 0 saturated carbocycles. The van der Waals surface area contributed by atoms with Gasteiger partial charge >= 0.3 is 0 Å². The van der Waals surface area contributed by atoms with Gasteiger partial charge in [0.15, 0.2) is 0 Å². The van der Waals surface area contributed by atoms with Crippen molar-refractivity contribution in [3.05, 3.63) is 57.2 Å². The lowest BCUT2D eigenvalue weighted by atomic mass is 10.1. The van der Waals surface area contributed by atoms with Crippen molar-refractivity contribution in [2.24, 2.45) is 0 Å². The zero-order valence-electron chi connectivity index (χ0n) is 11.4. The molecule has 0 bridgehead atoms.